The molecule has 150 valence electrons. The highest BCUT2D eigenvalue weighted by atomic mass is 35.5. The van der Waals surface area contributed by atoms with Gasteiger partial charge in [-0.15, -0.1) is 16.4 Å². The average Bonchev–Trinajstić information content (AvgIpc) is 3.28. The summed E-state index contributed by atoms with van der Waals surface area (Å²) in [5, 5.41) is 6.20. The van der Waals surface area contributed by atoms with Crippen molar-refractivity contribution in [3.63, 3.8) is 0 Å². The second-order valence-corrected chi connectivity index (χ2v) is 8.96. The lowest BCUT2D eigenvalue weighted by Crippen LogP contribution is -2.28. The molecule has 0 atom stereocenters. The standard InChI is InChI=1S/C23H19ClN4OS/c1-14-15(2)30-22-20(14)21-25-19(12-16-8-4-3-5-9-16)26-28(21)23(29)27(22)13-17-10-6-7-11-18(17)24/h3-11H,12-13H2,1-2H3. The molecule has 0 spiro atoms. The van der Waals surface area contributed by atoms with Crippen LogP contribution in [-0.4, -0.2) is 19.2 Å². The number of benzene rings is 2. The zero-order valence-corrected chi connectivity index (χ0v) is 18.2. The molecule has 3 heterocycles. The van der Waals surface area contributed by atoms with Crippen molar-refractivity contribution in [3.05, 3.63) is 97.5 Å². The van der Waals surface area contributed by atoms with E-state index < -0.39 is 0 Å². The molecule has 5 aromatic rings. The molecule has 3 aromatic heterocycles. The molecular formula is C23H19ClN4OS. The van der Waals surface area contributed by atoms with Crippen molar-refractivity contribution in [2.75, 3.05) is 0 Å². The Morgan fingerprint density at radius 3 is 2.53 bits per heavy atom. The van der Waals surface area contributed by atoms with Crippen LogP contribution in [0.1, 0.15) is 27.4 Å². The topological polar surface area (TPSA) is 52.2 Å². The van der Waals surface area contributed by atoms with Crippen molar-refractivity contribution >= 4 is 38.8 Å². The Labute approximate surface area is 182 Å². The Kier molecular flexibility index (Phi) is 4.68. The molecule has 0 saturated carbocycles. The third-order valence-electron chi connectivity index (χ3n) is 5.39. The summed E-state index contributed by atoms with van der Waals surface area (Å²) in [7, 11) is 0. The normalized spacial score (nSPS) is 11.6. The van der Waals surface area contributed by atoms with Gasteiger partial charge in [-0.05, 0) is 36.6 Å². The van der Waals surface area contributed by atoms with Crippen LogP contribution < -0.4 is 5.69 Å². The predicted molar refractivity (Wildman–Crippen MR) is 122 cm³/mol. The predicted octanol–water partition coefficient (Wildman–Crippen LogP) is 5.02. The van der Waals surface area contributed by atoms with Gasteiger partial charge in [-0.1, -0.05) is 60.1 Å². The minimum absolute atomic E-state index is 0.203. The first-order valence-corrected chi connectivity index (χ1v) is 10.9. The van der Waals surface area contributed by atoms with Crippen molar-refractivity contribution in [1.82, 2.24) is 19.2 Å². The monoisotopic (exact) mass is 434 g/mol. The molecule has 7 heteroatoms. The van der Waals surface area contributed by atoms with Gasteiger partial charge in [0, 0.05) is 16.3 Å². The van der Waals surface area contributed by atoms with E-state index in [0.717, 1.165) is 31.8 Å². The summed E-state index contributed by atoms with van der Waals surface area (Å²) in [5.74, 6) is 0.637. The van der Waals surface area contributed by atoms with Gasteiger partial charge >= 0.3 is 5.69 Å². The first-order chi connectivity index (χ1) is 14.5. The SMILES string of the molecule is Cc1sc2c(c1C)c1nc(Cc3ccccc3)nn1c(=O)n2Cc1ccccc1Cl. The van der Waals surface area contributed by atoms with Crippen LogP contribution in [0.2, 0.25) is 5.02 Å². The summed E-state index contributed by atoms with van der Waals surface area (Å²) in [6.07, 6.45) is 0.579. The Balaban J connectivity index is 1.74. The number of rotatable bonds is 4. The maximum atomic E-state index is 13.4. The lowest BCUT2D eigenvalue weighted by molar-refractivity contribution is 0.714. The van der Waals surface area contributed by atoms with Crippen LogP contribution in [0.3, 0.4) is 0 Å². The van der Waals surface area contributed by atoms with Crippen LogP contribution in [0.5, 0.6) is 0 Å². The molecule has 0 bridgehead atoms. The molecule has 30 heavy (non-hydrogen) atoms. The van der Waals surface area contributed by atoms with Crippen molar-refractivity contribution < 1.29 is 0 Å². The fraction of sp³-hybridized carbons (Fsp3) is 0.174. The minimum atomic E-state index is -0.203. The molecule has 0 aliphatic rings. The number of thiophene rings is 1. The summed E-state index contributed by atoms with van der Waals surface area (Å²) in [6.45, 7) is 4.53. The molecule has 0 radical (unpaired) electrons. The van der Waals surface area contributed by atoms with E-state index in [9.17, 15) is 4.79 Å². The van der Waals surface area contributed by atoms with Gasteiger partial charge in [0.1, 0.15) is 4.83 Å². The van der Waals surface area contributed by atoms with E-state index in [2.05, 4.69) is 18.9 Å². The summed E-state index contributed by atoms with van der Waals surface area (Å²) in [6, 6.07) is 17.7. The Bertz CT molecular complexity index is 1450. The van der Waals surface area contributed by atoms with Gasteiger partial charge in [-0.3, -0.25) is 4.57 Å². The van der Waals surface area contributed by atoms with E-state index in [1.165, 1.54) is 4.52 Å². The van der Waals surface area contributed by atoms with Crippen molar-refractivity contribution in [2.45, 2.75) is 26.8 Å². The highest BCUT2D eigenvalue weighted by molar-refractivity contribution is 7.19. The lowest BCUT2D eigenvalue weighted by Gasteiger charge is -2.10. The summed E-state index contributed by atoms with van der Waals surface area (Å²) in [5.41, 5.74) is 3.56. The van der Waals surface area contributed by atoms with E-state index in [1.54, 1.807) is 15.9 Å². The molecule has 0 aliphatic heterocycles. The van der Waals surface area contributed by atoms with E-state index in [4.69, 9.17) is 16.6 Å². The average molecular weight is 435 g/mol. The van der Waals surface area contributed by atoms with Crippen molar-refractivity contribution in [1.29, 1.82) is 0 Å². The van der Waals surface area contributed by atoms with Crippen LogP contribution in [0, 0.1) is 13.8 Å². The second kappa shape index (κ2) is 7.38. The molecule has 0 saturated heterocycles. The first-order valence-electron chi connectivity index (χ1n) is 9.68. The van der Waals surface area contributed by atoms with Crippen LogP contribution in [0.15, 0.2) is 59.4 Å². The Morgan fingerprint density at radius 2 is 1.77 bits per heavy atom. The molecule has 0 fully saturated rings. The van der Waals surface area contributed by atoms with Gasteiger partial charge in [0.15, 0.2) is 11.5 Å². The quantitative estimate of drug-likeness (QED) is 0.399. The van der Waals surface area contributed by atoms with Gasteiger partial charge < -0.3 is 0 Å². The van der Waals surface area contributed by atoms with E-state index >= 15 is 0 Å². The molecular weight excluding hydrogens is 416 g/mol. The fourth-order valence-electron chi connectivity index (χ4n) is 3.70. The van der Waals surface area contributed by atoms with Crippen LogP contribution in [-0.2, 0) is 13.0 Å². The number of hydrogen-bond donors (Lipinski definition) is 0. The third-order valence-corrected chi connectivity index (χ3v) is 6.99. The van der Waals surface area contributed by atoms with Gasteiger partial charge in [-0.2, -0.15) is 4.52 Å². The molecule has 0 amide bonds. The summed E-state index contributed by atoms with van der Waals surface area (Å²) >= 11 is 7.99. The smallest absolute Gasteiger partial charge is 0.278 e. The van der Waals surface area contributed by atoms with Gasteiger partial charge in [0.2, 0.25) is 0 Å². The molecule has 5 nitrogen and oxygen atoms in total. The number of aromatic nitrogens is 4. The Hall–Kier alpha value is -2.96. The molecule has 5 rings (SSSR count). The number of fused-ring (bicyclic) bond motifs is 3. The van der Waals surface area contributed by atoms with E-state index in [-0.39, 0.29) is 5.69 Å². The summed E-state index contributed by atoms with van der Waals surface area (Å²) < 4.78 is 3.20. The maximum absolute atomic E-state index is 13.4. The highest BCUT2D eigenvalue weighted by Crippen LogP contribution is 2.32. The number of halogens is 1. The lowest BCUT2D eigenvalue weighted by atomic mass is 10.1. The zero-order valence-electron chi connectivity index (χ0n) is 16.6. The first kappa shape index (κ1) is 19.0. The largest absolute Gasteiger partial charge is 0.352 e. The third kappa shape index (κ3) is 3.13. The van der Waals surface area contributed by atoms with Crippen LogP contribution in [0.25, 0.3) is 15.9 Å². The van der Waals surface area contributed by atoms with Gasteiger partial charge in [0.05, 0.1) is 11.9 Å². The van der Waals surface area contributed by atoms with Crippen molar-refractivity contribution in [2.24, 2.45) is 0 Å². The maximum Gasteiger partial charge on any atom is 0.352 e. The fourth-order valence-corrected chi connectivity index (χ4v) is 5.04. The molecule has 0 N–H and O–H groups in total. The number of hydrogen-bond acceptors (Lipinski definition) is 4. The van der Waals surface area contributed by atoms with Gasteiger partial charge in [0.25, 0.3) is 0 Å². The molecule has 0 aliphatic carbocycles. The van der Waals surface area contributed by atoms with E-state index in [1.807, 2.05) is 54.6 Å². The zero-order chi connectivity index (χ0) is 20.8. The molecule has 2 aromatic carbocycles. The second-order valence-electron chi connectivity index (χ2n) is 7.35. The van der Waals surface area contributed by atoms with Crippen molar-refractivity contribution in [3.8, 4) is 0 Å². The highest BCUT2D eigenvalue weighted by Gasteiger charge is 2.20. The molecule has 0 unspecified atom stereocenters. The van der Waals surface area contributed by atoms with Crippen LogP contribution in [0.4, 0.5) is 0 Å². The number of aryl methyl sites for hydroxylation is 2. The Morgan fingerprint density at radius 1 is 1.03 bits per heavy atom. The van der Waals surface area contributed by atoms with Gasteiger partial charge in [-0.25, -0.2) is 9.78 Å². The summed E-state index contributed by atoms with van der Waals surface area (Å²) in [4.78, 5) is 20.3. The minimum Gasteiger partial charge on any atom is -0.278 e. The number of nitrogens with zero attached hydrogens (tertiary/aromatic N) is 4. The van der Waals surface area contributed by atoms with E-state index in [0.29, 0.717) is 29.5 Å². The van der Waals surface area contributed by atoms with Crippen LogP contribution >= 0.6 is 22.9 Å².